The quantitative estimate of drug-likeness (QED) is 0.0666. The number of phenols is 1. The van der Waals surface area contributed by atoms with E-state index in [0.717, 1.165) is 38.8 Å². The van der Waals surface area contributed by atoms with Gasteiger partial charge in [-0.15, -0.1) is 21.5 Å². The van der Waals surface area contributed by atoms with Gasteiger partial charge in [0.15, 0.2) is 5.82 Å². The van der Waals surface area contributed by atoms with Crippen LogP contribution in [-0.2, 0) is 19.2 Å². The molecule has 0 radical (unpaired) electrons. The number of nitrogen functional groups attached to an aromatic ring is 1. The standard InChI is InChI=1S/C53H66N10O7S/c1-33(35-18-20-36(21-19-35)48-34(2)55-32-71-48)56-51(68)44-27-38(64)29-63(44)52(69)49(53(3,4)5)57-46(66)16-7-6-8-17-47(67)61-24-22-60(23-25-61)37-12-11-13-39(26-37)70-40-30-62(31-40)43-28-42(58-59-50(43)54)41-14-9-10-15-45(41)65/h9-15,18-21,26,28,32-33,38,40,44,49,64-65H,6-8,16-17,22-25,27,29-31H2,1-5H3,(H2,54,59)(H,56,68)(H,57,66)/t33-,38+,44-,49+/m0/s1. The van der Waals surface area contributed by atoms with E-state index in [1.165, 1.54) is 4.90 Å². The molecule has 3 aromatic carbocycles. The number of hydrogen-bond donors (Lipinski definition) is 5. The molecule has 4 atom stereocenters. The third-order valence-corrected chi connectivity index (χ3v) is 14.6. The Labute approximate surface area is 419 Å². The maximum absolute atomic E-state index is 14.2. The van der Waals surface area contributed by atoms with E-state index in [2.05, 4.69) is 41.7 Å². The van der Waals surface area contributed by atoms with Gasteiger partial charge in [-0.25, -0.2) is 4.98 Å². The molecule has 0 saturated carbocycles. The van der Waals surface area contributed by atoms with Gasteiger partial charge in [-0.2, -0.15) is 0 Å². The minimum absolute atomic E-state index is 0.00257. The Morgan fingerprint density at radius 1 is 0.873 bits per heavy atom. The van der Waals surface area contributed by atoms with Crippen LogP contribution in [0.2, 0.25) is 0 Å². The molecule has 4 amide bonds. The van der Waals surface area contributed by atoms with Crippen LogP contribution in [0.3, 0.4) is 0 Å². The van der Waals surface area contributed by atoms with E-state index in [9.17, 15) is 29.4 Å². The number of para-hydroxylation sites is 1. The van der Waals surface area contributed by atoms with Crippen molar-refractivity contribution >= 4 is 52.2 Å². The lowest BCUT2D eigenvalue weighted by Crippen LogP contribution is -2.57. The van der Waals surface area contributed by atoms with Crippen LogP contribution in [0.4, 0.5) is 17.2 Å². The van der Waals surface area contributed by atoms with Crippen molar-refractivity contribution in [1.82, 2.24) is 35.6 Å². The Morgan fingerprint density at radius 3 is 2.31 bits per heavy atom. The molecule has 0 unspecified atom stereocenters. The van der Waals surface area contributed by atoms with Crippen LogP contribution in [0.25, 0.3) is 21.7 Å². The Kier molecular flexibility index (Phi) is 15.7. The number of thiazole rings is 1. The number of aromatic nitrogens is 3. The smallest absolute Gasteiger partial charge is 0.246 e. The zero-order valence-electron chi connectivity index (χ0n) is 41.2. The number of nitrogens with zero attached hydrogens (tertiary/aromatic N) is 7. The molecular formula is C53H66N10O7S. The highest BCUT2D eigenvalue weighted by Crippen LogP contribution is 2.35. The molecule has 17 nitrogen and oxygen atoms in total. The number of amides is 4. The van der Waals surface area contributed by atoms with E-state index in [1.54, 1.807) is 29.5 Å². The van der Waals surface area contributed by atoms with E-state index < -0.39 is 29.5 Å². The summed E-state index contributed by atoms with van der Waals surface area (Å²) < 4.78 is 6.35. The van der Waals surface area contributed by atoms with Crippen LogP contribution in [0.15, 0.2) is 84.4 Å². The number of unbranched alkanes of at least 4 members (excludes halogenated alkanes) is 2. The van der Waals surface area contributed by atoms with Crippen molar-refractivity contribution in [1.29, 1.82) is 0 Å². The summed E-state index contributed by atoms with van der Waals surface area (Å²) in [7, 11) is 0. The molecule has 3 saturated heterocycles. The highest BCUT2D eigenvalue weighted by molar-refractivity contribution is 7.13. The minimum Gasteiger partial charge on any atom is -0.507 e. The number of aliphatic hydroxyl groups excluding tert-OH is 1. The number of aliphatic hydroxyl groups is 1. The third-order valence-electron chi connectivity index (χ3n) is 13.6. The molecule has 0 bridgehead atoms. The fourth-order valence-corrected chi connectivity index (χ4v) is 10.3. The van der Waals surface area contributed by atoms with Crippen molar-refractivity contribution in [3.8, 4) is 33.2 Å². The molecule has 8 rings (SSSR count). The number of anilines is 3. The fraction of sp³-hybridized carbons (Fsp3) is 0.453. The summed E-state index contributed by atoms with van der Waals surface area (Å²) in [5.41, 5.74) is 13.2. The summed E-state index contributed by atoms with van der Waals surface area (Å²) in [6.45, 7) is 13.3. The first kappa shape index (κ1) is 50.6. The van der Waals surface area contributed by atoms with Crippen LogP contribution in [-0.4, -0.2) is 129 Å². The molecule has 5 heterocycles. The molecule has 376 valence electrons. The summed E-state index contributed by atoms with van der Waals surface area (Å²) in [4.78, 5) is 67.5. The van der Waals surface area contributed by atoms with E-state index >= 15 is 0 Å². The molecular weight excluding hydrogens is 921 g/mol. The monoisotopic (exact) mass is 986 g/mol. The fourth-order valence-electron chi connectivity index (χ4n) is 9.48. The molecule has 71 heavy (non-hydrogen) atoms. The lowest BCUT2D eigenvalue weighted by Gasteiger charge is -2.41. The summed E-state index contributed by atoms with van der Waals surface area (Å²) >= 11 is 1.58. The topological polar surface area (TPSA) is 220 Å². The summed E-state index contributed by atoms with van der Waals surface area (Å²) in [5, 5.41) is 35.3. The second-order valence-corrected chi connectivity index (χ2v) is 20.8. The second kappa shape index (κ2) is 22.1. The summed E-state index contributed by atoms with van der Waals surface area (Å²) in [6.07, 6.45) is 1.65. The number of phenolic OH excluding ortho intramolecular Hbond substituents is 1. The number of carbonyl (C=O) groups excluding carboxylic acids is 4. The SMILES string of the molecule is Cc1ncsc1-c1ccc([C@H](C)NC(=O)[C@@H]2C[C@@H](O)CN2C(=O)[C@@H](NC(=O)CCCCCC(=O)N2CCN(c3cccc(OC4CN(c5cc(-c6ccccc6O)nnc5N)C4)c3)CC2)C(C)(C)C)cc1. The molecule has 3 fully saturated rings. The van der Waals surface area contributed by atoms with Crippen LogP contribution in [0.5, 0.6) is 11.5 Å². The number of likely N-dealkylation sites (tertiary alicyclic amines) is 1. The Balaban J connectivity index is 0.740. The van der Waals surface area contributed by atoms with Gasteiger partial charge in [0.05, 0.1) is 52.7 Å². The first-order valence-electron chi connectivity index (χ1n) is 24.6. The van der Waals surface area contributed by atoms with Gasteiger partial charge in [0.1, 0.15) is 29.7 Å². The van der Waals surface area contributed by atoms with Gasteiger partial charge < -0.3 is 50.9 Å². The van der Waals surface area contributed by atoms with Crippen molar-refractivity contribution in [2.45, 2.75) is 103 Å². The maximum atomic E-state index is 14.2. The summed E-state index contributed by atoms with van der Waals surface area (Å²) in [6, 6.07) is 22.7. The Bertz CT molecular complexity index is 2680. The number of benzene rings is 3. The Morgan fingerprint density at radius 2 is 1.61 bits per heavy atom. The average molecular weight is 987 g/mol. The molecule has 18 heteroatoms. The second-order valence-electron chi connectivity index (χ2n) is 20.0. The molecule has 3 aliphatic heterocycles. The van der Waals surface area contributed by atoms with Gasteiger partial charge >= 0.3 is 0 Å². The van der Waals surface area contributed by atoms with E-state index in [4.69, 9.17) is 10.5 Å². The molecule has 3 aliphatic rings. The number of ether oxygens (including phenoxy) is 1. The molecule has 6 N–H and O–H groups in total. The number of aromatic hydroxyl groups is 1. The molecule has 5 aromatic rings. The normalized spacial score (nSPS) is 18.2. The van der Waals surface area contributed by atoms with Gasteiger partial charge in [0.25, 0.3) is 0 Å². The lowest BCUT2D eigenvalue weighted by atomic mass is 9.85. The van der Waals surface area contributed by atoms with Crippen molar-refractivity contribution in [3.05, 3.63) is 95.6 Å². The predicted molar refractivity (Wildman–Crippen MR) is 275 cm³/mol. The van der Waals surface area contributed by atoms with Crippen molar-refractivity contribution in [2.24, 2.45) is 5.41 Å². The zero-order chi connectivity index (χ0) is 50.4. The van der Waals surface area contributed by atoms with Gasteiger partial charge in [0.2, 0.25) is 23.6 Å². The minimum atomic E-state index is -0.913. The maximum Gasteiger partial charge on any atom is 0.246 e. The number of carbonyl (C=O) groups is 4. The highest BCUT2D eigenvalue weighted by Gasteiger charge is 2.45. The zero-order valence-corrected chi connectivity index (χ0v) is 42.0. The van der Waals surface area contributed by atoms with E-state index in [1.807, 2.05) is 99.6 Å². The van der Waals surface area contributed by atoms with Gasteiger partial charge in [-0.1, -0.05) is 69.7 Å². The molecule has 0 spiro atoms. The number of aryl methyl sites for hydroxylation is 1. The first-order chi connectivity index (χ1) is 34.0. The van der Waals surface area contributed by atoms with Crippen LogP contribution < -0.4 is 30.9 Å². The largest absolute Gasteiger partial charge is 0.507 e. The lowest BCUT2D eigenvalue weighted by molar-refractivity contribution is -0.144. The number of rotatable bonds is 17. The molecule has 2 aromatic heterocycles. The number of hydrogen-bond acceptors (Lipinski definition) is 14. The summed E-state index contributed by atoms with van der Waals surface area (Å²) in [5.74, 6) is 0.267. The van der Waals surface area contributed by atoms with Crippen molar-refractivity contribution in [2.75, 3.05) is 61.3 Å². The van der Waals surface area contributed by atoms with Gasteiger partial charge in [0, 0.05) is 69.3 Å². The van der Waals surface area contributed by atoms with Crippen LogP contribution in [0, 0.1) is 12.3 Å². The number of nitrogens with one attached hydrogen (secondary N) is 2. The Hall–Kier alpha value is -6.79. The average Bonchev–Trinajstić information content (AvgIpc) is 3.96. The third kappa shape index (κ3) is 12.2. The van der Waals surface area contributed by atoms with Gasteiger partial charge in [-0.05, 0) is 73.6 Å². The number of nitrogens with two attached hydrogens (primary N) is 1. The van der Waals surface area contributed by atoms with Gasteiger partial charge in [-0.3, -0.25) is 19.2 Å². The number of piperazine rings is 1. The van der Waals surface area contributed by atoms with Crippen LogP contribution in [0.1, 0.15) is 83.5 Å². The van der Waals surface area contributed by atoms with Crippen LogP contribution >= 0.6 is 11.3 Å². The molecule has 0 aliphatic carbocycles. The predicted octanol–water partition coefficient (Wildman–Crippen LogP) is 6.10. The first-order valence-corrected chi connectivity index (χ1v) is 25.4. The van der Waals surface area contributed by atoms with E-state index in [-0.39, 0.29) is 55.0 Å². The van der Waals surface area contributed by atoms with Crippen molar-refractivity contribution < 1.29 is 34.1 Å². The number of β-amino-alcohol motifs (C(OH)–C–C–N with tert-alkyl or cyclic N) is 1. The van der Waals surface area contributed by atoms with Crippen molar-refractivity contribution in [3.63, 3.8) is 0 Å². The van der Waals surface area contributed by atoms with E-state index in [0.29, 0.717) is 82.0 Å². The highest BCUT2D eigenvalue weighted by atomic mass is 32.1.